The molecule has 0 saturated carbocycles. The van der Waals surface area contributed by atoms with Crippen LogP contribution >= 0.6 is 0 Å². The lowest BCUT2D eigenvalue weighted by atomic mass is 9.99. The molecule has 0 N–H and O–H groups in total. The second-order valence-corrected chi connectivity index (χ2v) is 3.97. The van der Waals surface area contributed by atoms with Gasteiger partial charge in [-0.3, -0.25) is 9.59 Å². The molecule has 0 aromatic rings. The van der Waals surface area contributed by atoms with E-state index in [0.29, 0.717) is 17.9 Å². The first-order valence-corrected chi connectivity index (χ1v) is 6.27. The van der Waals surface area contributed by atoms with E-state index in [0.717, 1.165) is 0 Å². The Kier molecular flexibility index (Phi) is 8.04. The summed E-state index contributed by atoms with van der Waals surface area (Å²) < 4.78 is 15.2. The van der Waals surface area contributed by atoms with Gasteiger partial charge in [-0.05, 0) is 26.8 Å². The van der Waals surface area contributed by atoms with Crippen LogP contribution in [0.4, 0.5) is 0 Å². The Morgan fingerprint density at radius 3 is 2.25 bits per heavy atom. The maximum atomic E-state index is 12.2. The lowest BCUT2D eigenvalue weighted by molar-refractivity contribution is -0.147. The Bertz CT molecular complexity index is 432. The van der Waals surface area contributed by atoms with Crippen molar-refractivity contribution >= 4 is 11.8 Å². The number of hydrogen-bond donors (Lipinski definition) is 0. The molecule has 0 aromatic heterocycles. The van der Waals surface area contributed by atoms with Gasteiger partial charge in [-0.25, -0.2) is 0 Å². The summed E-state index contributed by atoms with van der Waals surface area (Å²) in [6.07, 6.45) is 3.13. The maximum absolute atomic E-state index is 12.2. The normalized spacial score (nSPS) is 13.9. The zero-order chi connectivity index (χ0) is 15.7. The van der Waals surface area contributed by atoms with Gasteiger partial charge in [-0.1, -0.05) is 12.7 Å². The fourth-order valence-corrected chi connectivity index (χ4v) is 1.61. The molecule has 0 aliphatic heterocycles. The van der Waals surface area contributed by atoms with Gasteiger partial charge >= 0.3 is 5.97 Å². The van der Waals surface area contributed by atoms with Crippen LogP contribution < -0.4 is 0 Å². The molecular formula is C15H22O5. The number of carbonyl (C=O) groups is 2. The summed E-state index contributed by atoms with van der Waals surface area (Å²) >= 11 is 0. The minimum absolute atomic E-state index is 0.285. The maximum Gasteiger partial charge on any atom is 0.316 e. The Morgan fingerprint density at radius 1 is 1.25 bits per heavy atom. The van der Waals surface area contributed by atoms with Crippen LogP contribution in [0.25, 0.3) is 0 Å². The van der Waals surface area contributed by atoms with E-state index >= 15 is 0 Å². The standard InChI is InChI=1S/C15H22O5/c1-7-9-12(20-8-2)14(18-5)10(3)13(16)11(4)15(17)19-6/h7,9,11H,1,8H2,2-6H3/b12-9+,14-10-. The van der Waals surface area contributed by atoms with Crippen molar-refractivity contribution in [1.82, 2.24) is 0 Å². The van der Waals surface area contributed by atoms with Gasteiger partial charge in [0.15, 0.2) is 17.3 Å². The first kappa shape index (κ1) is 18.0. The summed E-state index contributed by atoms with van der Waals surface area (Å²) in [4.78, 5) is 23.6. The molecule has 0 aromatic carbocycles. The van der Waals surface area contributed by atoms with E-state index in [1.54, 1.807) is 13.0 Å². The van der Waals surface area contributed by atoms with Gasteiger partial charge in [0, 0.05) is 5.57 Å². The average molecular weight is 282 g/mol. The van der Waals surface area contributed by atoms with Crippen molar-refractivity contribution in [3.63, 3.8) is 0 Å². The molecule has 112 valence electrons. The molecule has 5 heteroatoms. The highest BCUT2D eigenvalue weighted by Gasteiger charge is 2.26. The van der Waals surface area contributed by atoms with Gasteiger partial charge in [0.2, 0.25) is 0 Å². The van der Waals surface area contributed by atoms with Crippen LogP contribution in [0.1, 0.15) is 20.8 Å². The van der Waals surface area contributed by atoms with Crippen LogP contribution in [-0.4, -0.2) is 32.6 Å². The predicted octanol–water partition coefficient (Wildman–Crippen LogP) is 2.39. The zero-order valence-corrected chi connectivity index (χ0v) is 12.7. The summed E-state index contributed by atoms with van der Waals surface area (Å²) in [5, 5.41) is 0. The summed E-state index contributed by atoms with van der Waals surface area (Å²) in [6, 6.07) is 0. The molecule has 20 heavy (non-hydrogen) atoms. The molecular weight excluding hydrogens is 260 g/mol. The van der Waals surface area contributed by atoms with Crippen molar-refractivity contribution in [3.8, 4) is 0 Å². The van der Waals surface area contributed by atoms with Crippen LogP contribution in [0.3, 0.4) is 0 Å². The van der Waals surface area contributed by atoms with Crippen molar-refractivity contribution in [3.05, 3.63) is 35.8 Å². The van der Waals surface area contributed by atoms with E-state index in [9.17, 15) is 9.59 Å². The van der Waals surface area contributed by atoms with Crippen LogP contribution in [0.2, 0.25) is 0 Å². The van der Waals surface area contributed by atoms with E-state index in [4.69, 9.17) is 9.47 Å². The van der Waals surface area contributed by atoms with Crippen molar-refractivity contribution < 1.29 is 23.8 Å². The van der Waals surface area contributed by atoms with Crippen LogP contribution in [0.15, 0.2) is 35.8 Å². The number of hydrogen-bond acceptors (Lipinski definition) is 5. The van der Waals surface area contributed by atoms with Crippen molar-refractivity contribution in [1.29, 1.82) is 0 Å². The molecule has 0 aliphatic carbocycles. The molecule has 0 bridgehead atoms. The average Bonchev–Trinajstić information content (AvgIpc) is 2.45. The molecule has 0 rings (SSSR count). The highest BCUT2D eigenvalue weighted by atomic mass is 16.5. The van der Waals surface area contributed by atoms with E-state index in [1.165, 1.54) is 27.2 Å². The minimum atomic E-state index is -0.892. The number of esters is 1. The summed E-state index contributed by atoms with van der Waals surface area (Å²) in [5.41, 5.74) is 0.298. The van der Waals surface area contributed by atoms with Crippen LogP contribution in [-0.2, 0) is 23.8 Å². The number of allylic oxidation sites excluding steroid dienone is 3. The SMILES string of the molecule is C=C/C=C(OCC)\C(OC)=C(/C)C(=O)C(C)C(=O)OC. The van der Waals surface area contributed by atoms with Gasteiger partial charge in [-0.2, -0.15) is 0 Å². The molecule has 0 saturated heterocycles. The van der Waals surface area contributed by atoms with E-state index in [2.05, 4.69) is 11.3 Å². The quantitative estimate of drug-likeness (QED) is 0.225. The van der Waals surface area contributed by atoms with Crippen molar-refractivity contribution in [2.75, 3.05) is 20.8 Å². The first-order valence-electron chi connectivity index (χ1n) is 6.27. The van der Waals surface area contributed by atoms with Gasteiger partial charge in [-0.15, -0.1) is 0 Å². The lowest BCUT2D eigenvalue weighted by Crippen LogP contribution is -2.24. The minimum Gasteiger partial charge on any atom is -0.492 e. The Balaban J connectivity index is 5.54. The van der Waals surface area contributed by atoms with E-state index in [1.807, 2.05) is 6.92 Å². The zero-order valence-electron chi connectivity index (χ0n) is 12.7. The van der Waals surface area contributed by atoms with Crippen LogP contribution in [0, 0.1) is 5.92 Å². The molecule has 1 unspecified atom stereocenters. The number of ketones is 1. The summed E-state index contributed by atoms with van der Waals surface area (Å²) in [5.74, 6) is -1.17. The largest absolute Gasteiger partial charge is 0.492 e. The van der Waals surface area contributed by atoms with Gasteiger partial charge < -0.3 is 14.2 Å². The third-order valence-electron chi connectivity index (χ3n) is 2.66. The molecule has 1 atom stereocenters. The fourth-order valence-electron chi connectivity index (χ4n) is 1.61. The molecule has 0 radical (unpaired) electrons. The van der Waals surface area contributed by atoms with Gasteiger partial charge in [0.1, 0.15) is 5.92 Å². The fraction of sp³-hybridized carbons (Fsp3) is 0.467. The highest BCUT2D eigenvalue weighted by Crippen LogP contribution is 2.20. The third kappa shape index (κ3) is 4.57. The Hall–Kier alpha value is -2.04. The van der Waals surface area contributed by atoms with Gasteiger partial charge in [0.05, 0.1) is 20.8 Å². The van der Waals surface area contributed by atoms with Crippen LogP contribution in [0.5, 0.6) is 0 Å². The number of ether oxygens (including phenoxy) is 3. The Labute approximate surface area is 119 Å². The molecule has 0 aliphatic rings. The smallest absolute Gasteiger partial charge is 0.316 e. The molecule has 5 nitrogen and oxygen atoms in total. The number of methoxy groups -OCH3 is 2. The third-order valence-corrected chi connectivity index (χ3v) is 2.66. The first-order chi connectivity index (χ1) is 9.44. The number of Topliss-reactive ketones (excluding diaryl/α,β-unsaturated/α-hetero) is 1. The summed E-state index contributed by atoms with van der Waals surface area (Å²) in [6.45, 7) is 8.89. The summed E-state index contributed by atoms with van der Waals surface area (Å²) in [7, 11) is 2.68. The second kappa shape index (κ2) is 8.96. The number of rotatable bonds is 8. The monoisotopic (exact) mass is 282 g/mol. The van der Waals surface area contributed by atoms with E-state index in [-0.39, 0.29) is 11.5 Å². The predicted molar refractivity (Wildman–Crippen MR) is 75.8 cm³/mol. The van der Waals surface area contributed by atoms with Crippen molar-refractivity contribution in [2.24, 2.45) is 5.92 Å². The molecule has 0 amide bonds. The molecule has 0 spiro atoms. The number of carbonyl (C=O) groups excluding carboxylic acids is 2. The van der Waals surface area contributed by atoms with Crippen molar-refractivity contribution in [2.45, 2.75) is 20.8 Å². The molecule has 0 heterocycles. The second-order valence-electron chi connectivity index (χ2n) is 3.97. The molecule has 0 fully saturated rings. The van der Waals surface area contributed by atoms with Gasteiger partial charge in [0.25, 0.3) is 0 Å². The van der Waals surface area contributed by atoms with E-state index < -0.39 is 11.9 Å². The highest BCUT2D eigenvalue weighted by molar-refractivity contribution is 6.08. The Morgan fingerprint density at radius 2 is 1.85 bits per heavy atom. The topological polar surface area (TPSA) is 61.8 Å². The lowest BCUT2D eigenvalue weighted by Gasteiger charge is -2.15.